The number of hydrogen-bond donors (Lipinski definition) is 3. The molecule has 102 valence electrons. The van der Waals surface area contributed by atoms with Gasteiger partial charge in [0.1, 0.15) is 0 Å². The lowest BCUT2D eigenvalue weighted by Crippen LogP contribution is -2.19. The van der Waals surface area contributed by atoms with Crippen LogP contribution in [0, 0.1) is 3.57 Å². The normalized spacial score (nSPS) is 9.85. The predicted molar refractivity (Wildman–Crippen MR) is 86.8 cm³/mol. The number of benzene rings is 2. The summed E-state index contributed by atoms with van der Waals surface area (Å²) in [5.41, 5.74) is 6.85. The fourth-order valence-electron chi connectivity index (χ4n) is 1.62. The number of rotatable bonds is 3. The van der Waals surface area contributed by atoms with Gasteiger partial charge in [-0.2, -0.15) is 0 Å². The fraction of sp³-hybridized carbons (Fsp3) is 0. The Labute approximate surface area is 129 Å². The van der Waals surface area contributed by atoms with Gasteiger partial charge in [-0.15, -0.1) is 0 Å². The number of carbonyl (C=O) groups is 2. The number of halogens is 1. The van der Waals surface area contributed by atoms with Crippen molar-refractivity contribution >= 4 is 45.9 Å². The quantitative estimate of drug-likeness (QED) is 0.715. The molecule has 0 bridgehead atoms. The number of amides is 3. The minimum absolute atomic E-state index is 0.175. The molecule has 0 spiro atoms. The van der Waals surface area contributed by atoms with Crippen LogP contribution in [0.3, 0.4) is 0 Å². The average Bonchev–Trinajstić information content (AvgIpc) is 2.41. The molecule has 20 heavy (non-hydrogen) atoms. The SMILES string of the molecule is NC(=O)Nc1ccc(NC(=O)c2ccccc2I)cc1. The van der Waals surface area contributed by atoms with Gasteiger partial charge in [0.15, 0.2) is 0 Å². The summed E-state index contributed by atoms with van der Waals surface area (Å²) in [6, 6.07) is 13.4. The van der Waals surface area contributed by atoms with Crippen LogP contribution in [0.2, 0.25) is 0 Å². The van der Waals surface area contributed by atoms with E-state index in [1.54, 1.807) is 30.3 Å². The van der Waals surface area contributed by atoms with Crippen LogP contribution in [0.25, 0.3) is 0 Å². The summed E-state index contributed by atoms with van der Waals surface area (Å²) in [4.78, 5) is 22.8. The number of anilines is 2. The smallest absolute Gasteiger partial charge is 0.316 e. The minimum Gasteiger partial charge on any atom is -0.351 e. The summed E-state index contributed by atoms with van der Waals surface area (Å²) in [6.07, 6.45) is 0. The molecule has 5 nitrogen and oxygen atoms in total. The zero-order chi connectivity index (χ0) is 14.5. The summed E-state index contributed by atoms with van der Waals surface area (Å²) in [5, 5.41) is 5.24. The van der Waals surface area contributed by atoms with Gasteiger partial charge in [0.05, 0.1) is 5.56 Å². The lowest BCUT2D eigenvalue weighted by Gasteiger charge is -2.08. The number of urea groups is 1. The van der Waals surface area contributed by atoms with E-state index in [1.807, 2.05) is 18.2 Å². The predicted octanol–water partition coefficient (Wildman–Crippen LogP) is 3.03. The Hall–Kier alpha value is -2.09. The van der Waals surface area contributed by atoms with E-state index in [0.717, 1.165) is 3.57 Å². The zero-order valence-corrected chi connectivity index (χ0v) is 12.5. The Morgan fingerprint density at radius 3 is 2.00 bits per heavy atom. The third-order valence-corrected chi connectivity index (χ3v) is 3.47. The van der Waals surface area contributed by atoms with E-state index >= 15 is 0 Å². The zero-order valence-electron chi connectivity index (χ0n) is 10.4. The Kier molecular flexibility index (Phi) is 4.57. The average molecular weight is 381 g/mol. The van der Waals surface area contributed by atoms with Crippen LogP contribution in [0.15, 0.2) is 48.5 Å². The van der Waals surface area contributed by atoms with Crippen LogP contribution in [0.4, 0.5) is 16.2 Å². The number of carbonyl (C=O) groups excluding carboxylic acids is 2. The number of hydrogen-bond acceptors (Lipinski definition) is 2. The van der Waals surface area contributed by atoms with E-state index in [0.29, 0.717) is 16.9 Å². The maximum absolute atomic E-state index is 12.1. The van der Waals surface area contributed by atoms with Crippen molar-refractivity contribution in [3.8, 4) is 0 Å². The van der Waals surface area contributed by atoms with Crippen molar-refractivity contribution < 1.29 is 9.59 Å². The first-order valence-electron chi connectivity index (χ1n) is 5.78. The topological polar surface area (TPSA) is 84.2 Å². The second-order valence-corrected chi connectivity index (χ2v) is 5.16. The molecule has 2 aromatic carbocycles. The van der Waals surface area contributed by atoms with Crippen molar-refractivity contribution in [3.63, 3.8) is 0 Å². The van der Waals surface area contributed by atoms with Crippen molar-refractivity contribution in [2.75, 3.05) is 10.6 Å². The second kappa shape index (κ2) is 6.38. The molecule has 0 aromatic heterocycles. The molecule has 0 aliphatic carbocycles. The molecular formula is C14H12IN3O2. The molecule has 0 fully saturated rings. The van der Waals surface area contributed by atoms with Gasteiger partial charge in [-0.05, 0) is 59.0 Å². The lowest BCUT2D eigenvalue weighted by atomic mass is 10.2. The van der Waals surface area contributed by atoms with Gasteiger partial charge in [0.2, 0.25) is 0 Å². The van der Waals surface area contributed by atoms with Crippen LogP contribution in [-0.4, -0.2) is 11.9 Å². The highest BCUT2D eigenvalue weighted by molar-refractivity contribution is 14.1. The van der Waals surface area contributed by atoms with E-state index in [-0.39, 0.29) is 5.91 Å². The van der Waals surface area contributed by atoms with Crippen LogP contribution in [0.5, 0.6) is 0 Å². The van der Waals surface area contributed by atoms with Crippen LogP contribution >= 0.6 is 22.6 Å². The van der Waals surface area contributed by atoms with Gasteiger partial charge < -0.3 is 16.4 Å². The lowest BCUT2D eigenvalue weighted by molar-refractivity contribution is 0.102. The molecule has 0 aliphatic rings. The summed E-state index contributed by atoms with van der Waals surface area (Å²) >= 11 is 2.11. The maximum Gasteiger partial charge on any atom is 0.316 e. The molecule has 2 aromatic rings. The van der Waals surface area contributed by atoms with Gasteiger partial charge in [0, 0.05) is 14.9 Å². The summed E-state index contributed by atoms with van der Waals surface area (Å²) in [7, 11) is 0. The molecule has 0 atom stereocenters. The fourth-order valence-corrected chi connectivity index (χ4v) is 2.26. The van der Waals surface area contributed by atoms with Crippen LogP contribution in [-0.2, 0) is 0 Å². The molecule has 2 rings (SSSR count). The van der Waals surface area contributed by atoms with E-state index in [2.05, 4.69) is 33.2 Å². The van der Waals surface area contributed by atoms with Gasteiger partial charge in [-0.1, -0.05) is 12.1 Å². The van der Waals surface area contributed by atoms with Gasteiger partial charge in [0.25, 0.3) is 5.91 Å². The van der Waals surface area contributed by atoms with E-state index in [4.69, 9.17) is 5.73 Å². The van der Waals surface area contributed by atoms with Crippen LogP contribution < -0.4 is 16.4 Å². The molecule has 6 heteroatoms. The van der Waals surface area contributed by atoms with E-state index in [1.165, 1.54) is 0 Å². The van der Waals surface area contributed by atoms with Gasteiger partial charge in [-0.3, -0.25) is 4.79 Å². The summed E-state index contributed by atoms with van der Waals surface area (Å²) in [6.45, 7) is 0. The third-order valence-electron chi connectivity index (χ3n) is 2.53. The summed E-state index contributed by atoms with van der Waals surface area (Å²) < 4.78 is 0.884. The molecular weight excluding hydrogens is 369 g/mol. The van der Waals surface area contributed by atoms with Crippen molar-refractivity contribution in [1.29, 1.82) is 0 Å². The third kappa shape index (κ3) is 3.70. The van der Waals surface area contributed by atoms with E-state index in [9.17, 15) is 9.59 Å². The first-order valence-corrected chi connectivity index (χ1v) is 6.86. The highest BCUT2D eigenvalue weighted by Crippen LogP contribution is 2.16. The molecule has 4 N–H and O–H groups in total. The molecule has 0 heterocycles. The van der Waals surface area contributed by atoms with Crippen molar-refractivity contribution in [3.05, 3.63) is 57.7 Å². The van der Waals surface area contributed by atoms with Crippen molar-refractivity contribution in [1.82, 2.24) is 0 Å². The van der Waals surface area contributed by atoms with Crippen molar-refractivity contribution in [2.45, 2.75) is 0 Å². The Bertz CT molecular complexity index is 641. The minimum atomic E-state index is -0.624. The first kappa shape index (κ1) is 14.3. The molecule has 0 saturated heterocycles. The highest BCUT2D eigenvalue weighted by atomic mass is 127. The first-order chi connectivity index (χ1) is 9.56. The number of nitrogens with two attached hydrogens (primary N) is 1. The van der Waals surface area contributed by atoms with E-state index < -0.39 is 6.03 Å². The van der Waals surface area contributed by atoms with Crippen LogP contribution in [0.1, 0.15) is 10.4 Å². The highest BCUT2D eigenvalue weighted by Gasteiger charge is 2.09. The monoisotopic (exact) mass is 381 g/mol. The molecule has 0 radical (unpaired) electrons. The molecule has 0 unspecified atom stereocenters. The summed E-state index contributed by atoms with van der Waals surface area (Å²) in [5.74, 6) is -0.175. The molecule has 0 aliphatic heterocycles. The Morgan fingerprint density at radius 2 is 1.45 bits per heavy atom. The van der Waals surface area contributed by atoms with Crippen molar-refractivity contribution in [2.24, 2.45) is 5.73 Å². The standard InChI is InChI=1S/C14H12IN3O2/c15-12-4-2-1-3-11(12)13(19)17-9-5-7-10(8-6-9)18-14(16)20/h1-8H,(H,17,19)(H3,16,18,20). The molecule has 3 amide bonds. The Morgan fingerprint density at radius 1 is 0.900 bits per heavy atom. The molecule has 0 saturated carbocycles. The maximum atomic E-state index is 12.1. The van der Waals surface area contributed by atoms with Gasteiger partial charge >= 0.3 is 6.03 Å². The largest absolute Gasteiger partial charge is 0.351 e. The second-order valence-electron chi connectivity index (χ2n) is 4.00. The number of primary amides is 1. The number of nitrogens with one attached hydrogen (secondary N) is 2. The Balaban J connectivity index is 2.09. The van der Waals surface area contributed by atoms with Gasteiger partial charge in [-0.25, -0.2) is 4.79 Å².